The fourth-order valence-electron chi connectivity index (χ4n) is 4.06. The Morgan fingerprint density at radius 2 is 1.86 bits per heavy atom. The van der Waals surface area contributed by atoms with Crippen molar-refractivity contribution >= 4 is 28.3 Å². The number of sulfonamides is 1. The van der Waals surface area contributed by atoms with Gasteiger partial charge in [0.05, 0.1) is 10.9 Å². The first kappa shape index (κ1) is 23.1. The van der Waals surface area contributed by atoms with Gasteiger partial charge in [-0.1, -0.05) is 25.0 Å². The number of hydrogen-bond acceptors (Lipinski definition) is 4. The molecule has 3 rings (SSSR count). The lowest BCUT2D eigenvalue weighted by atomic mass is 9.85. The Morgan fingerprint density at radius 1 is 1.21 bits per heavy atom. The minimum absolute atomic E-state index is 0. The zero-order chi connectivity index (χ0) is 19.6. The Morgan fingerprint density at radius 3 is 2.46 bits per heavy atom. The highest BCUT2D eigenvalue weighted by atomic mass is 35.5. The van der Waals surface area contributed by atoms with Crippen LogP contribution in [0.1, 0.15) is 51.5 Å². The van der Waals surface area contributed by atoms with Gasteiger partial charge in [-0.2, -0.15) is 4.31 Å². The van der Waals surface area contributed by atoms with Crippen molar-refractivity contribution in [1.29, 1.82) is 0 Å². The zero-order valence-corrected chi connectivity index (χ0v) is 18.5. The standard InChI is InChI=1S/C20H31N3O3S.ClH/c1-14(2)23(3)27(25,26)17-10-8-15(9-11-17)13-21-20(24)19-12-16-6-4-5-7-18(16)22-19;/h8-11,14,16,18-19,22H,4-7,12-13H2,1-3H3,(H,21,24);1H. The van der Waals surface area contributed by atoms with Crippen molar-refractivity contribution in [3.63, 3.8) is 0 Å². The van der Waals surface area contributed by atoms with Gasteiger partial charge in [-0.3, -0.25) is 4.79 Å². The molecule has 0 spiro atoms. The number of nitrogens with one attached hydrogen (secondary N) is 2. The molecular formula is C20H32ClN3O3S. The molecule has 0 bridgehead atoms. The topological polar surface area (TPSA) is 78.5 Å². The van der Waals surface area contributed by atoms with Gasteiger partial charge in [0.25, 0.3) is 0 Å². The predicted molar refractivity (Wildman–Crippen MR) is 113 cm³/mol. The van der Waals surface area contributed by atoms with Crippen LogP contribution in [0.15, 0.2) is 29.2 Å². The van der Waals surface area contributed by atoms with Gasteiger partial charge in [-0.05, 0) is 56.7 Å². The van der Waals surface area contributed by atoms with E-state index in [-0.39, 0.29) is 35.3 Å². The van der Waals surface area contributed by atoms with E-state index in [0.717, 1.165) is 12.0 Å². The average Bonchev–Trinajstić information content (AvgIpc) is 3.10. The third-order valence-corrected chi connectivity index (χ3v) is 8.02. The van der Waals surface area contributed by atoms with Crippen LogP contribution in [0.2, 0.25) is 0 Å². The molecule has 0 radical (unpaired) electrons. The van der Waals surface area contributed by atoms with Crippen molar-refractivity contribution in [2.75, 3.05) is 7.05 Å². The van der Waals surface area contributed by atoms with Crippen molar-refractivity contribution in [3.05, 3.63) is 29.8 Å². The minimum Gasteiger partial charge on any atom is -0.351 e. The van der Waals surface area contributed by atoms with Gasteiger partial charge >= 0.3 is 0 Å². The molecule has 0 aromatic heterocycles. The lowest BCUT2D eigenvalue weighted by Crippen LogP contribution is -2.42. The number of carbonyl (C=O) groups excluding carboxylic acids is 1. The van der Waals surface area contributed by atoms with Gasteiger partial charge in [-0.25, -0.2) is 8.42 Å². The molecule has 2 aliphatic rings. The van der Waals surface area contributed by atoms with Crippen molar-refractivity contribution in [2.24, 2.45) is 5.92 Å². The van der Waals surface area contributed by atoms with E-state index in [9.17, 15) is 13.2 Å². The molecule has 1 amide bonds. The van der Waals surface area contributed by atoms with Gasteiger partial charge in [0.1, 0.15) is 0 Å². The van der Waals surface area contributed by atoms with E-state index in [4.69, 9.17) is 0 Å². The first-order chi connectivity index (χ1) is 12.8. The van der Waals surface area contributed by atoms with Crippen molar-refractivity contribution < 1.29 is 13.2 Å². The molecule has 6 nitrogen and oxygen atoms in total. The fourth-order valence-corrected chi connectivity index (χ4v) is 5.42. The highest BCUT2D eigenvalue weighted by molar-refractivity contribution is 7.89. The Labute approximate surface area is 174 Å². The van der Waals surface area contributed by atoms with Crippen molar-refractivity contribution in [2.45, 2.75) is 75.5 Å². The summed E-state index contributed by atoms with van der Waals surface area (Å²) in [5, 5.41) is 6.47. The maximum Gasteiger partial charge on any atom is 0.243 e. The molecule has 158 valence electrons. The SMILES string of the molecule is CC(C)N(C)S(=O)(=O)c1ccc(CNC(=O)C2CC3CCCCC3N2)cc1.Cl. The van der Waals surface area contributed by atoms with Gasteiger partial charge in [0.2, 0.25) is 15.9 Å². The van der Waals surface area contributed by atoms with Crippen LogP contribution in [-0.2, 0) is 21.4 Å². The van der Waals surface area contributed by atoms with Crippen LogP contribution in [0.4, 0.5) is 0 Å². The molecule has 2 N–H and O–H groups in total. The first-order valence-electron chi connectivity index (χ1n) is 9.90. The van der Waals surface area contributed by atoms with Crippen LogP contribution in [-0.4, -0.2) is 43.8 Å². The summed E-state index contributed by atoms with van der Waals surface area (Å²) in [5.74, 6) is 0.678. The molecule has 1 aliphatic carbocycles. The summed E-state index contributed by atoms with van der Waals surface area (Å²) in [6, 6.07) is 7.05. The summed E-state index contributed by atoms with van der Waals surface area (Å²) in [7, 11) is -1.89. The molecule has 1 heterocycles. The lowest BCUT2D eigenvalue weighted by molar-refractivity contribution is -0.123. The lowest BCUT2D eigenvalue weighted by Gasteiger charge is -2.24. The van der Waals surface area contributed by atoms with Gasteiger partial charge < -0.3 is 10.6 Å². The number of nitrogens with zero attached hydrogens (tertiary/aromatic N) is 1. The second-order valence-corrected chi connectivity index (χ2v) is 10.1. The van der Waals surface area contributed by atoms with Gasteiger partial charge in [-0.15, -0.1) is 12.4 Å². The van der Waals surface area contributed by atoms with E-state index in [1.54, 1.807) is 31.3 Å². The predicted octanol–water partition coefficient (Wildman–Crippen LogP) is 2.67. The summed E-state index contributed by atoms with van der Waals surface area (Å²) in [5.41, 5.74) is 0.893. The van der Waals surface area contributed by atoms with Crippen molar-refractivity contribution in [1.82, 2.24) is 14.9 Å². The third-order valence-electron chi connectivity index (χ3n) is 5.97. The highest BCUT2D eigenvalue weighted by Crippen LogP contribution is 2.33. The zero-order valence-electron chi connectivity index (χ0n) is 16.8. The molecule has 28 heavy (non-hydrogen) atoms. The fraction of sp³-hybridized carbons (Fsp3) is 0.650. The summed E-state index contributed by atoms with van der Waals surface area (Å²) in [4.78, 5) is 12.7. The largest absolute Gasteiger partial charge is 0.351 e. The Bertz CT molecular complexity index is 753. The maximum atomic E-state index is 12.5. The molecular weight excluding hydrogens is 398 g/mol. The van der Waals surface area contributed by atoms with E-state index in [1.807, 2.05) is 13.8 Å². The summed E-state index contributed by atoms with van der Waals surface area (Å²) in [6.45, 7) is 4.09. The van der Waals surface area contributed by atoms with Gasteiger partial charge in [0.15, 0.2) is 0 Å². The number of benzene rings is 1. The number of rotatable bonds is 6. The summed E-state index contributed by atoms with van der Waals surface area (Å²) in [6.07, 6.45) is 5.86. The van der Waals surface area contributed by atoms with Crippen LogP contribution in [0.5, 0.6) is 0 Å². The minimum atomic E-state index is -3.48. The molecule has 3 atom stereocenters. The second kappa shape index (κ2) is 9.57. The molecule has 1 aliphatic heterocycles. The summed E-state index contributed by atoms with van der Waals surface area (Å²) >= 11 is 0. The molecule has 1 aromatic carbocycles. The van der Waals surface area contributed by atoms with Crippen LogP contribution in [0, 0.1) is 5.92 Å². The van der Waals surface area contributed by atoms with Crippen LogP contribution in [0.25, 0.3) is 0 Å². The highest BCUT2D eigenvalue weighted by Gasteiger charge is 2.38. The number of halogens is 1. The number of amides is 1. The monoisotopic (exact) mass is 429 g/mol. The van der Waals surface area contributed by atoms with E-state index in [0.29, 0.717) is 18.5 Å². The van der Waals surface area contributed by atoms with Gasteiger partial charge in [0, 0.05) is 25.7 Å². The smallest absolute Gasteiger partial charge is 0.243 e. The van der Waals surface area contributed by atoms with Crippen LogP contribution in [0.3, 0.4) is 0 Å². The molecule has 2 fully saturated rings. The number of hydrogen-bond donors (Lipinski definition) is 2. The van der Waals surface area contributed by atoms with E-state index in [1.165, 1.54) is 30.0 Å². The second-order valence-electron chi connectivity index (χ2n) is 8.08. The number of carbonyl (C=O) groups is 1. The summed E-state index contributed by atoms with van der Waals surface area (Å²) < 4.78 is 26.3. The Balaban J connectivity index is 0.00000280. The average molecular weight is 430 g/mol. The van der Waals surface area contributed by atoms with Crippen molar-refractivity contribution in [3.8, 4) is 0 Å². The number of fused-ring (bicyclic) bond motifs is 1. The molecule has 1 aromatic rings. The normalized spacial score (nSPS) is 24.7. The Hall–Kier alpha value is -1.15. The third kappa shape index (κ3) is 5.06. The van der Waals surface area contributed by atoms with E-state index in [2.05, 4.69) is 10.6 Å². The maximum absolute atomic E-state index is 12.5. The molecule has 3 unspecified atom stereocenters. The molecule has 1 saturated heterocycles. The van der Waals surface area contributed by atoms with E-state index >= 15 is 0 Å². The molecule has 8 heteroatoms. The molecule has 1 saturated carbocycles. The quantitative estimate of drug-likeness (QED) is 0.728. The Kier molecular flexibility index (Phi) is 7.90. The first-order valence-corrected chi connectivity index (χ1v) is 11.3. The van der Waals surface area contributed by atoms with E-state index < -0.39 is 10.0 Å². The van der Waals surface area contributed by atoms with Crippen LogP contribution >= 0.6 is 12.4 Å². The van der Waals surface area contributed by atoms with Crippen LogP contribution < -0.4 is 10.6 Å².